The lowest BCUT2D eigenvalue weighted by Crippen LogP contribution is -2.30. The zero-order valence-electron chi connectivity index (χ0n) is 27.4. The zero-order chi connectivity index (χ0) is 30.2. The average molecular weight is 553 g/mol. The minimum Gasteiger partial charge on any atom is -0.300 e. The smallest absolute Gasteiger partial charge is 0.163 e. The van der Waals surface area contributed by atoms with Crippen molar-refractivity contribution in [1.29, 1.82) is 0 Å². The summed E-state index contributed by atoms with van der Waals surface area (Å²) in [5.41, 5.74) is 4.54. The summed E-state index contributed by atoms with van der Waals surface area (Å²) >= 11 is 0. The van der Waals surface area contributed by atoms with Gasteiger partial charge in [-0.1, -0.05) is 111 Å². The fourth-order valence-electron chi connectivity index (χ4n) is 6.46. The molecule has 0 aliphatic heterocycles. The van der Waals surface area contributed by atoms with Gasteiger partial charge in [0, 0.05) is 17.9 Å². The molecule has 3 nitrogen and oxygen atoms in total. The van der Waals surface area contributed by atoms with Gasteiger partial charge in [-0.15, -0.1) is 0 Å². The van der Waals surface area contributed by atoms with Crippen LogP contribution in [-0.4, -0.2) is 17.3 Å². The first kappa shape index (κ1) is 36.0. The highest BCUT2D eigenvalue weighted by atomic mass is 16.1. The van der Waals surface area contributed by atoms with Crippen molar-refractivity contribution < 1.29 is 14.4 Å². The molecule has 5 unspecified atom stereocenters. The summed E-state index contributed by atoms with van der Waals surface area (Å²) in [5, 5.41) is 0. The Bertz CT molecular complexity index is 956. The van der Waals surface area contributed by atoms with Crippen LogP contribution in [0.5, 0.6) is 0 Å². The van der Waals surface area contributed by atoms with Crippen molar-refractivity contribution in [2.75, 3.05) is 0 Å². The van der Waals surface area contributed by atoms with Gasteiger partial charge in [-0.3, -0.25) is 14.4 Å². The molecule has 0 heterocycles. The molecule has 1 aromatic rings. The van der Waals surface area contributed by atoms with E-state index >= 15 is 0 Å². The van der Waals surface area contributed by atoms with Gasteiger partial charge in [-0.05, 0) is 79.9 Å². The number of hydrogen-bond acceptors (Lipinski definition) is 3. The number of benzene rings is 1. The second-order valence-electron chi connectivity index (χ2n) is 12.5. The standard InChI is InChI=1S/C34H52O3.C3H8/c1-8-11-12-14-23(4)15-16-24(5)30-18-17-25(6)34-31(30)21-27(22-33(34)37)20-28(13-9-2)29(10-3)32(36)19-26(7)35;1-3-2/h15-18,23-24,27-29H,8-14,19-22H2,1-7H3;3H2,1-2H3/b16-15-;. The summed E-state index contributed by atoms with van der Waals surface area (Å²) in [4.78, 5) is 38.0. The van der Waals surface area contributed by atoms with Crippen LogP contribution in [0.3, 0.4) is 0 Å². The summed E-state index contributed by atoms with van der Waals surface area (Å²) in [6.07, 6.45) is 16.1. The van der Waals surface area contributed by atoms with Crippen molar-refractivity contribution >= 4 is 17.3 Å². The van der Waals surface area contributed by atoms with E-state index in [-0.39, 0.29) is 47.4 Å². The van der Waals surface area contributed by atoms with Gasteiger partial charge >= 0.3 is 0 Å². The molecule has 0 aromatic heterocycles. The molecule has 3 heteroatoms. The fourth-order valence-corrected chi connectivity index (χ4v) is 6.46. The van der Waals surface area contributed by atoms with Crippen molar-refractivity contribution in [2.24, 2.45) is 23.7 Å². The summed E-state index contributed by atoms with van der Waals surface area (Å²) in [5.74, 6) is 1.51. The van der Waals surface area contributed by atoms with Crippen LogP contribution < -0.4 is 0 Å². The van der Waals surface area contributed by atoms with Gasteiger partial charge in [0.05, 0.1) is 6.42 Å². The van der Waals surface area contributed by atoms with Crippen molar-refractivity contribution in [3.05, 3.63) is 46.5 Å². The number of rotatable bonds is 16. The van der Waals surface area contributed by atoms with E-state index in [1.165, 1.54) is 50.2 Å². The van der Waals surface area contributed by atoms with Gasteiger partial charge in [-0.2, -0.15) is 0 Å². The van der Waals surface area contributed by atoms with E-state index in [2.05, 4.69) is 79.7 Å². The molecule has 226 valence electrons. The lowest BCUT2D eigenvalue weighted by atomic mass is 9.70. The summed E-state index contributed by atoms with van der Waals surface area (Å²) in [6, 6.07) is 4.35. The molecular weight excluding hydrogens is 492 g/mol. The van der Waals surface area contributed by atoms with E-state index in [4.69, 9.17) is 0 Å². The second-order valence-corrected chi connectivity index (χ2v) is 12.5. The number of aryl methyl sites for hydroxylation is 1. The number of Topliss-reactive ketones (excluding diaryl/α,β-unsaturated/α-hetero) is 3. The molecule has 0 radical (unpaired) electrons. The predicted molar refractivity (Wildman–Crippen MR) is 171 cm³/mol. The largest absolute Gasteiger partial charge is 0.300 e. The Morgan fingerprint density at radius 3 is 2.20 bits per heavy atom. The Morgan fingerprint density at radius 1 is 0.950 bits per heavy atom. The monoisotopic (exact) mass is 552 g/mol. The first-order valence-corrected chi connectivity index (χ1v) is 16.4. The van der Waals surface area contributed by atoms with E-state index in [9.17, 15) is 14.4 Å². The Balaban J connectivity index is 0.00000254. The minimum atomic E-state index is -0.0895. The maximum absolute atomic E-state index is 13.4. The molecule has 2 rings (SSSR count). The van der Waals surface area contributed by atoms with E-state index in [1.807, 2.05) is 0 Å². The van der Waals surface area contributed by atoms with Crippen LogP contribution >= 0.6 is 0 Å². The number of unbranched alkanes of at least 4 members (excludes halogenated alkanes) is 2. The van der Waals surface area contributed by atoms with Crippen molar-refractivity contribution in [3.8, 4) is 0 Å². The number of carbonyl (C=O) groups is 3. The molecule has 0 spiro atoms. The predicted octanol–water partition coefficient (Wildman–Crippen LogP) is 10.4. The van der Waals surface area contributed by atoms with Crippen LogP contribution in [0, 0.1) is 30.6 Å². The van der Waals surface area contributed by atoms with Gasteiger partial charge < -0.3 is 0 Å². The molecule has 0 N–H and O–H groups in total. The fraction of sp³-hybridized carbons (Fsp3) is 0.703. The number of carbonyl (C=O) groups excluding carboxylic acids is 3. The van der Waals surface area contributed by atoms with Crippen LogP contribution in [0.2, 0.25) is 0 Å². The molecule has 0 fully saturated rings. The number of fused-ring (bicyclic) bond motifs is 1. The van der Waals surface area contributed by atoms with Crippen molar-refractivity contribution in [3.63, 3.8) is 0 Å². The molecule has 5 atom stereocenters. The quantitative estimate of drug-likeness (QED) is 0.116. The average Bonchev–Trinajstić information content (AvgIpc) is 2.88. The third kappa shape index (κ3) is 11.5. The number of allylic oxidation sites excluding steroid dienone is 2. The Hall–Kier alpha value is -2.03. The minimum absolute atomic E-state index is 0.0369. The SMILES string of the molecule is CCC.CCCCCC(C)/C=C\C(C)c1ccc(C)c2c1CC(CC(CCC)C(CC)C(=O)CC(C)=O)CC2=O. The van der Waals surface area contributed by atoms with E-state index in [0.29, 0.717) is 12.3 Å². The third-order valence-corrected chi connectivity index (χ3v) is 8.43. The number of ketones is 3. The highest BCUT2D eigenvalue weighted by molar-refractivity contribution is 6.00. The Morgan fingerprint density at radius 2 is 1.62 bits per heavy atom. The molecular formula is C37H60O3. The molecule has 0 saturated heterocycles. The second kappa shape index (κ2) is 19.2. The van der Waals surface area contributed by atoms with Crippen LogP contribution in [0.1, 0.15) is 159 Å². The molecule has 1 aliphatic carbocycles. The lowest BCUT2D eigenvalue weighted by Gasteiger charge is -2.33. The molecule has 0 saturated carbocycles. The van der Waals surface area contributed by atoms with Gasteiger partial charge in [-0.25, -0.2) is 0 Å². The molecule has 1 aromatic carbocycles. The van der Waals surface area contributed by atoms with Crippen LogP contribution in [0.25, 0.3) is 0 Å². The van der Waals surface area contributed by atoms with Crippen LogP contribution in [0.15, 0.2) is 24.3 Å². The molecule has 1 aliphatic rings. The van der Waals surface area contributed by atoms with Crippen molar-refractivity contribution in [2.45, 2.75) is 145 Å². The number of hydrogen-bond donors (Lipinski definition) is 0. The van der Waals surface area contributed by atoms with Gasteiger partial charge in [0.15, 0.2) is 5.78 Å². The molecule has 0 bridgehead atoms. The van der Waals surface area contributed by atoms with E-state index in [0.717, 1.165) is 43.2 Å². The topological polar surface area (TPSA) is 51.2 Å². The summed E-state index contributed by atoms with van der Waals surface area (Å²) < 4.78 is 0. The maximum atomic E-state index is 13.4. The maximum Gasteiger partial charge on any atom is 0.163 e. The van der Waals surface area contributed by atoms with Gasteiger partial charge in [0.1, 0.15) is 11.6 Å². The molecule has 0 amide bonds. The van der Waals surface area contributed by atoms with E-state index < -0.39 is 0 Å². The Kier molecular flexibility index (Phi) is 17.2. The lowest BCUT2D eigenvalue weighted by molar-refractivity contribution is -0.129. The van der Waals surface area contributed by atoms with Crippen molar-refractivity contribution in [1.82, 2.24) is 0 Å². The third-order valence-electron chi connectivity index (χ3n) is 8.43. The highest BCUT2D eigenvalue weighted by Crippen LogP contribution is 2.39. The zero-order valence-corrected chi connectivity index (χ0v) is 27.4. The Labute approximate surface area is 247 Å². The van der Waals surface area contributed by atoms with Crippen LogP contribution in [0.4, 0.5) is 0 Å². The summed E-state index contributed by atoms with van der Waals surface area (Å²) in [6.45, 7) is 18.8. The van der Waals surface area contributed by atoms with E-state index in [1.54, 1.807) is 0 Å². The normalized spacial score (nSPS) is 17.9. The van der Waals surface area contributed by atoms with Gasteiger partial charge in [0.2, 0.25) is 0 Å². The summed E-state index contributed by atoms with van der Waals surface area (Å²) in [7, 11) is 0. The first-order chi connectivity index (χ1) is 19.0. The molecule has 40 heavy (non-hydrogen) atoms. The highest BCUT2D eigenvalue weighted by Gasteiger charge is 2.34. The van der Waals surface area contributed by atoms with Gasteiger partial charge in [0.25, 0.3) is 0 Å². The first-order valence-electron chi connectivity index (χ1n) is 16.4. The van der Waals surface area contributed by atoms with Crippen LogP contribution in [-0.2, 0) is 16.0 Å².